The Kier molecular flexibility index (Phi) is 10.3. The normalized spacial score (nSPS) is 35.4. The highest BCUT2D eigenvalue weighted by atomic mass is 32.2. The van der Waals surface area contributed by atoms with Gasteiger partial charge in [-0.25, -0.2) is 4.79 Å². The van der Waals surface area contributed by atoms with Crippen LogP contribution in [0.1, 0.15) is 85.5 Å². The molecular formula is C33H49N3O6S. The molecule has 0 unspecified atom stereocenters. The van der Waals surface area contributed by atoms with Crippen LogP contribution in [0.2, 0.25) is 0 Å². The number of aliphatic hydroxyl groups is 1. The summed E-state index contributed by atoms with van der Waals surface area (Å²) in [4.78, 5) is 42.5. The lowest BCUT2D eigenvalue weighted by Gasteiger charge is -2.58. The SMILES string of the molecule is C#C[C@@]1(O)CC[C@H]2[C@@H]3CCC4=C/C(=N/OCC(=O)N[C@H](C(=O)N[C@H](CCSC)C(=O)O)C(C)C)CC[C@]4(C)[C@H]3CC[C@@]21C. The Labute approximate surface area is 260 Å². The molecule has 0 aromatic heterocycles. The summed E-state index contributed by atoms with van der Waals surface area (Å²) in [7, 11) is 0. The number of allylic oxidation sites excluding steroid dienone is 2. The molecule has 8 atom stereocenters. The lowest BCUT2D eigenvalue weighted by Crippen LogP contribution is -2.54. The number of hydrogen-bond donors (Lipinski definition) is 4. The number of oxime groups is 1. The summed E-state index contributed by atoms with van der Waals surface area (Å²) in [5.74, 6) is 2.55. The van der Waals surface area contributed by atoms with Gasteiger partial charge in [0.25, 0.3) is 5.91 Å². The van der Waals surface area contributed by atoms with Crippen molar-refractivity contribution in [3.05, 3.63) is 11.6 Å². The van der Waals surface area contributed by atoms with Crippen LogP contribution in [-0.2, 0) is 19.2 Å². The largest absolute Gasteiger partial charge is 0.480 e. The molecule has 3 fully saturated rings. The van der Waals surface area contributed by atoms with Gasteiger partial charge >= 0.3 is 5.97 Å². The monoisotopic (exact) mass is 615 g/mol. The molecule has 4 aliphatic rings. The number of rotatable bonds is 11. The zero-order valence-corrected chi connectivity index (χ0v) is 27.1. The molecule has 4 aliphatic carbocycles. The van der Waals surface area contributed by atoms with Crippen LogP contribution in [0.15, 0.2) is 16.8 Å². The minimum Gasteiger partial charge on any atom is -0.480 e. The van der Waals surface area contributed by atoms with E-state index in [1.807, 2.05) is 6.26 Å². The predicted molar refractivity (Wildman–Crippen MR) is 168 cm³/mol. The maximum absolute atomic E-state index is 12.8. The highest BCUT2D eigenvalue weighted by Gasteiger charge is 2.63. The molecule has 2 amide bonds. The summed E-state index contributed by atoms with van der Waals surface area (Å²) < 4.78 is 0. The van der Waals surface area contributed by atoms with E-state index in [1.54, 1.807) is 13.8 Å². The molecule has 10 heteroatoms. The van der Waals surface area contributed by atoms with Crippen LogP contribution in [0.5, 0.6) is 0 Å². The van der Waals surface area contributed by atoms with E-state index < -0.39 is 35.5 Å². The van der Waals surface area contributed by atoms with E-state index in [-0.39, 0.29) is 23.4 Å². The third-order valence-electron chi connectivity index (χ3n) is 11.2. The molecule has 0 bridgehead atoms. The first kappa shape index (κ1) is 33.4. The zero-order chi connectivity index (χ0) is 31.6. The van der Waals surface area contributed by atoms with Gasteiger partial charge in [0, 0.05) is 5.41 Å². The van der Waals surface area contributed by atoms with Gasteiger partial charge in [-0.05, 0) is 105 Å². The van der Waals surface area contributed by atoms with Crippen LogP contribution in [-0.4, -0.2) is 70.0 Å². The first-order chi connectivity index (χ1) is 20.3. The first-order valence-electron chi connectivity index (χ1n) is 15.7. The third-order valence-corrected chi connectivity index (χ3v) is 11.9. The molecule has 0 heterocycles. The Balaban J connectivity index is 1.34. The average Bonchev–Trinajstić information content (AvgIpc) is 3.24. The summed E-state index contributed by atoms with van der Waals surface area (Å²) in [5.41, 5.74) is 1.09. The number of fused-ring (bicyclic) bond motifs is 5. The van der Waals surface area contributed by atoms with Crippen molar-refractivity contribution in [1.82, 2.24) is 10.6 Å². The Morgan fingerprint density at radius 1 is 1.14 bits per heavy atom. The van der Waals surface area contributed by atoms with E-state index in [1.165, 1.54) is 17.3 Å². The standard InChI is InChI=1S/C33H49N3O6S/c1-7-33(41)16-12-25-23-9-8-21-18-22(10-14-31(21,4)24(23)11-15-32(25,33)5)36-42-19-27(37)35-28(20(2)3)29(38)34-26(30(39)40)13-17-43-6/h1,18,20,23-26,28,41H,8-17,19H2,2-6H3,(H,34,38)(H,35,37)(H,39,40)/b36-22+/t23-,24+,25+,26-,28+,31+,32+,33-/m1/s1. The molecule has 9 nitrogen and oxygen atoms in total. The van der Waals surface area contributed by atoms with Crippen molar-refractivity contribution in [2.24, 2.45) is 39.7 Å². The summed E-state index contributed by atoms with van der Waals surface area (Å²) in [5, 5.41) is 30.2. The van der Waals surface area contributed by atoms with Gasteiger partial charge in [0.15, 0.2) is 6.61 Å². The van der Waals surface area contributed by atoms with Crippen molar-refractivity contribution in [3.8, 4) is 12.3 Å². The second kappa shape index (κ2) is 13.2. The number of carbonyl (C=O) groups is 3. The predicted octanol–water partition coefficient (Wildman–Crippen LogP) is 4.15. The van der Waals surface area contributed by atoms with Crippen molar-refractivity contribution in [3.63, 3.8) is 0 Å². The maximum Gasteiger partial charge on any atom is 0.326 e. The van der Waals surface area contributed by atoms with Gasteiger partial charge in [0.1, 0.15) is 17.7 Å². The Morgan fingerprint density at radius 2 is 1.86 bits per heavy atom. The van der Waals surface area contributed by atoms with E-state index in [2.05, 4.69) is 41.6 Å². The molecule has 238 valence electrons. The fraction of sp³-hybridized carbons (Fsp3) is 0.758. The number of aliphatic carboxylic acids is 1. The molecule has 3 saturated carbocycles. The fourth-order valence-corrected chi connectivity index (χ4v) is 9.05. The number of carboxylic acid groups (broad SMARTS) is 1. The molecule has 0 spiro atoms. The van der Waals surface area contributed by atoms with Gasteiger partial charge in [-0.1, -0.05) is 44.3 Å². The quantitative estimate of drug-likeness (QED) is 0.202. The number of hydrogen-bond acceptors (Lipinski definition) is 7. The molecule has 0 saturated heterocycles. The van der Waals surface area contributed by atoms with Crippen molar-refractivity contribution >= 4 is 35.3 Å². The lowest BCUT2D eigenvalue weighted by atomic mass is 9.46. The number of nitrogens with zero attached hydrogens (tertiary/aromatic N) is 1. The second-order valence-corrected chi connectivity index (χ2v) is 14.8. The van der Waals surface area contributed by atoms with Crippen LogP contribution in [0.25, 0.3) is 0 Å². The van der Waals surface area contributed by atoms with Crippen LogP contribution in [0, 0.1) is 46.8 Å². The molecule has 0 aliphatic heterocycles. The summed E-state index contributed by atoms with van der Waals surface area (Å²) >= 11 is 1.50. The van der Waals surface area contributed by atoms with Crippen molar-refractivity contribution in [1.29, 1.82) is 0 Å². The molecular weight excluding hydrogens is 566 g/mol. The molecule has 4 N–H and O–H groups in total. The van der Waals surface area contributed by atoms with E-state index in [4.69, 9.17) is 11.3 Å². The van der Waals surface area contributed by atoms with E-state index >= 15 is 0 Å². The summed E-state index contributed by atoms with van der Waals surface area (Å²) in [6.07, 6.45) is 17.6. The Bertz CT molecular complexity index is 1200. The summed E-state index contributed by atoms with van der Waals surface area (Å²) in [6, 6.07) is -1.90. The van der Waals surface area contributed by atoms with Gasteiger partial charge in [0.05, 0.1) is 5.71 Å². The Hall–Kier alpha value is -2.51. The van der Waals surface area contributed by atoms with Gasteiger partial charge in [-0.3, -0.25) is 9.59 Å². The number of amides is 2. The average molecular weight is 616 g/mol. The van der Waals surface area contributed by atoms with E-state index in [0.29, 0.717) is 36.3 Å². The lowest BCUT2D eigenvalue weighted by molar-refractivity contribution is -0.142. The van der Waals surface area contributed by atoms with Crippen molar-refractivity contribution < 1.29 is 29.4 Å². The fourth-order valence-electron chi connectivity index (χ4n) is 8.57. The smallest absolute Gasteiger partial charge is 0.326 e. The van der Waals surface area contributed by atoms with E-state index in [9.17, 15) is 24.6 Å². The van der Waals surface area contributed by atoms with Crippen LogP contribution >= 0.6 is 11.8 Å². The number of carboxylic acids is 1. The van der Waals surface area contributed by atoms with Crippen molar-refractivity contribution in [2.75, 3.05) is 18.6 Å². The van der Waals surface area contributed by atoms with Gasteiger partial charge in [0.2, 0.25) is 5.91 Å². The van der Waals surface area contributed by atoms with Crippen LogP contribution < -0.4 is 10.6 Å². The second-order valence-electron chi connectivity index (χ2n) is 13.8. The van der Waals surface area contributed by atoms with Crippen LogP contribution in [0.4, 0.5) is 0 Å². The topological polar surface area (TPSA) is 137 Å². The molecule has 0 radical (unpaired) electrons. The third kappa shape index (κ3) is 6.49. The number of terminal acetylenes is 1. The minimum atomic E-state index is -1.10. The van der Waals surface area contributed by atoms with Gasteiger partial charge in [-0.2, -0.15) is 11.8 Å². The summed E-state index contributed by atoms with van der Waals surface area (Å²) in [6.45, 7) is 7.84. The molecule has 0 aromatic carbocycles. The highest BCUT2D eigenvalue weighted by Crippen LogP contribution is 2.67. The molecule has 0 aromatic rings. The minimum absolute atomic E-state index is 0.0823. The van der Waals surface area contributed by atoms with Gasteiger partial charge < -0.3 is 25.7 Å². The highest BCUT2D eigenvalue weighted by molar-refractivity contribution is 7.98. The van der Waals surface area contributed by atoms with E-state index in [0.717, 1.165) is 50.7 Å². The van der Waals surface area contributed by atoms with Gasteiger partial charge in [-0.15, -0.1) is 6.42 Å². The first-order valence-corrected chi connectivity index (χ1v) is 17.1. The molecule has 4 rings (SSSR count). The number of carbonyl (C=O) groups excluding carboxylic acids is 2. The Morgan fingerprint density at radius 3 is 2.51 bits per heavy atom. The number of nitrogens with one attached hydrogen (secondary N) is 2. The zero-order valence-electron chi connectivity index (χ0n) is 26.3. The number of thioether (sulfide) groups is 1. The van der Waals surface area contributed by atoms with Crippen LogP contribution in [0.3, 0.4) is 0 Å². The molecule has 43 heavy (non-hydrogen) atoms. The van der Waals surface area contributed by atoms with Crippen molar-refractivity contribution in [2.45, 2.75) is 103 Å². The maximum atomic E-state index is 12.8.